The molecule has 1 atom stereocenters. The average Bonchev–Trinajstić information content (AvgIpc) is 2.33. The number of nitrogens with zero attached hydrogens (tertiary/aromatic N) is 1. The second-order valence-corrected chi connectivity index (χ2v) is 6.08. The van der Waals surface area contributed by atoms with E-state index in [1.54, 1.807) is 6.07 Å². The summed E-state index contributed by atoms with van der Waals surface area (Å²) in [5.74, 6) is 0.570. The largest absolute Gasteiger partial charge is 0.353 e. The predicted octanol–water partition coefficient (Wildman–Crippen LogP) is 2.95. The summed E-state index contributed by atoms with van der Waals surface area (Å²) in [5.41, 5.74) is 1.08. The number of carbonyl (C=O) groups is 1. The third kappa shape index (κ3) is 3.62. The molecule has 0 aliphatic carbocycles. The SMILES string of the molecule is CC(C)C1CNC(=O)CN1Cc1ccc(Cl)c(Cl)c1. The van der Waals surface area contributed by atoms with Crippen molar-refractivity contribution in [1.29, 1.82) is 0 Å². The number of nitrogens with one attached hydrogen (secondary N) is 1. The zero-order valence-corrected chi connectivity index (χ0v) is 12.6. The number of hydrogen-bond acceptors (Lipinski definition) is 2. The van der Waals surface area contributed by atoms with Gasteiger partial charge in [-0.1, -0.05) is 43.1 Å². The minimum atomic E-state index is 0.0805. The Balaban J connectivity index is 2.13. The van der Waals surface area contributed by atoms with Gasteiger partial charge in [0.1, 0.15) is 0 Å². The summed E-state index contributed by atoms with van der Waals surface area (Å²) in [4.78, 5) is 13.8. The second-order valence-electron chi connectivity index (χ2n) is 5.27. The summed E-state index contributed by atoms with van der Waals surface area (Å²) in [6.07, 6.45) is 0. The molecular weight excluding hydrogens is 283 g/mol. The van der Waals surface area contributed by atoms with E-state index in [0.717, 1.165) is 5.56 Å². The van der Waals surface area contributed by atoms with E-state index < -0.39 is 0 Å². The molecule has 0 aromatic heterocycles. The highest BCUT2D eigenvalue weighted by atomic mass is 35.5. The predicted molar refractivity (Wildman–Crippen MR) is 78.5 cm³/mol. The van der Waals surface area contributed by atoms with Crippen LogP contribution in [0.2, 0.25) is 10.0 Å². The van der Waals surface area contributed by atoms with E-state index in [1.165, 1.54) is 0 Å². The number of hydrogen-bond donors (Lipinski definition) is 1. The first-order valence-corrected chi connectivity index (χ1v) is 7.17. The molecule has 1 heterocycles. The van der Waals surface area contributed by atoms with Crippen molar-refractivity contribution in [3.63, 3.8) is 0 Å². The normalized spacial score (nSPS) is 20.7. The zero-order chi connectivity index (χ0) is 14.0. The van der Waals surface area contributed by atoms with Crippen LogP contribution >= 0.6 is 23.2 Å². The molecule has 1 saturated heterocycles. The van der Waals surface area contributed by atoms with Crippen LogP contribution in [0.4, 0.5) is 0 Å². The Kier molecular flexibility index (Phi) is 4.71. The van der Waals surface area contributed by atoms with Gasteiger partial charge < -0.3 is 5.32 Å². The van der Waals surface area contributed by atoms with E-state index in [4.69, 9.17) is 23.2 Å². The molecule has 1 aliphatic heterocycles. The highest BCUT2D eigenvalue weighted by Gasteiger charge is 2.28. The molecule has 0 radical (unpaired) electrons. The van der Waals surface area contributed by atoms with Crippen LogP contribution in [-0.4, -0.2) is 29.9 Å². The van der Waals surface area contributed by atoms with Crippen molar-refractivity contribution in [2.24, 2.45) is 5.92 Å². The minimum absolute atomic E-state index is 0.0805. The molecule has 1 amide bonds. The molecule has 5 heteroatoms. The molecule has 1 aromatic rings. The van der Waals surface area contributed by atoms with Gasteiger partial charge in [-0.15, -0.1) is 0 Å². The summed E-state index contributed by atoms with van der Waals surface area (Å²) in [6.45, 7) is 6.20. The summed E-state index contributed by atoms with van der Waals surface area (Å²) >= 11 is 11.9. The summed E-state index contributed by atoms with van der Waals surface area (Å²) in [7, 11) is 0. The van der Waals surface area contributed by atoms with Crippen LogP contribution in [0, 0.1) is 5.92 Å². The Labute approximate surface area is 123 Å². The topological polar surface area (TPSA) is 32.3 Å². The van der Waals surface area contributed by atoms with Gasteiger partial charge in [0.25, 0.3) is 0 Å². The first-order valence-electron chi connectivity index (χ1n) is 6.42. The molecule has 3 nitrogen and oxygen atoms in total. The van der Waals surface area contributed by atoms with E-state index in [-0.39, 0.29) is 5.91 Å². The lowest BCUT2D eigenvalue weighted by molar-refractivity contribution is -0.126. The van der Waals surface area contributed by atoms with Gasteiger partial charge in [0.2, 0.25) is 5.91 Å². The van der Waals surface area contributed by atoms with Crippen molar-refractivity contribution >= 4 is 29.1 Å². The summed E-state index contributed by atoms with van der Waals surface area (Å²) in [6, 6.07) is 5.98. The van der Waals surface area contributed by atoms with Gasteiger partial charge >= 0.3 is 0 Å². The van der Waals surface area contributed by atoms with Crippen LogP contribution in [0.15, 0.2) is 18.2 Å². The molecule has 0 saturated carbocycles. The van der Waals surface area contributed by atoms with Gasteiger partial charge in [0.05, 0.1) is 16.6 Å². The van der Waals surface area contributed by atoms with Gasteiger partial charge in [0, 0.05) is 19.1 Å². The molecule has 1 unspecified atom stereocenters. The Morgan fingerprint density at radius 2 is 2.11 bits per heavy atom. The maximum Gasteiger partial charge on any atom is 0.234 e. The standard InChI is InChI=1S/C14H18Cl2N2O/c1-9(2)13-6-17-14(19)8-18(13)7-10-3-4-11(15)12(16)5-10/h3-5,9,13H,6-8H2,1-2H3,(H,17,19). The number of piperazine rings is 1. The lowest BCUT2D eigenvalue weighted by Crippen LogP contribution is -2.55. The van der Waals surface area contributed by atoms with Gasteiger partial charge in [-0.05, 0) is 23.6 Å². The molecule has 19 heavy (non-hydrogen) atoms. The lowest BCUT2D eigenvalue weighted by atomic mass is 9.99. The minimum Gasteiger partial charge on any atom is -0.353 e. The molecule has 0 spiro atoms. The Morgan fingerprint density at radius 1 is 1.37 bits per heavy atom. The number of halogens is 2. The summed E-state index contributed by atoms with van der Waals surface area (Å²) in [5, 5.41) is 4.04. The van der Waals surface area contributed by atoms with Crippen LogP contribution in [0.5, 0.6) is 0 Å². The number of amides is 1. The monoisotopic (exact) mass is 300 g/mol. The molecular formula is C14H18Cl2N2O. The van der Waals surface area contributed by atoms with Crippen molar-refractivity contribution in [2.75, 3.05) is 13.1 Å². The van der Waals surface area contributed by atoms with Crippen molar-refractivity contribution < 1.29 is 4.79 Å². The van der Waals surface area contributed by atoms with Crippen LogP contribution in [0.3, 0.4) is 0 Å². The molecule has 2 rings (SSSR count). The highest BCUT2D eigenvalue weighted by Crippen LogP contribution is 2.24. The maximum atomic E-state index is 11.6. The lowest BCUT2D eigenvalue weighted by Gasteiger charge is -2.38. The van der Waals surface area contributed by atoms with E-state index in [2.05, 4.69) is 24.1 Å². The van der Waals surface area contributed by atoms with E-state index in [9.17, 15) is 4.79 Å². The van der Waals surface area contributed by atoms with Crippen molar-refractivity contribution in [1.82, 2.24) is 10.2 Å². The molecule has 1 aromatic carbocycles. The van der Waals surface area contributed by atoms with E-state index in [1.807, 2.05) is 12.1 Å². The third-order valence-electron chi connectivity index (χ3n) is 3.46. The maximum absolute atomic E-state index is 11.6. The first-order chi connectivity index (χ1) is 8.97. The van der Waals surface area contributed by atoms with Crippen molar-refractivity contribution in [3.05, 3.63) is 33.8 Å². The number of rotatable bonds is 3. The van der Waals surface area contributed by atoms with E-state index >= 15 is 0 Å². The first kappa shape index (κ1) is 14.6. The van der Waals surface area contributed by atoms with Crippen LogP contribution < -0.4 is 5.32 Å². The van der Waals surface area contributed by atoms with Crippen LogP contribution in [0.25, 0.3) is 0 Å². The van der Waals surface area contributed by atoms with Crippen LogP contribution in [-0.2, 0) is 11.3 Å². The Bertz CT molecular complexity index is 477. The average molecular weight is 301 g/mol. The Hall–Kier alpha value is -0.770. The third-order valence-corrected chi connectivity index (χ3v) is 4.20. The van der Waals surface area contributed by atoms with Crippen LogP contribution in [0.1, 0.15) is 19.4 Å². The fourth-order valence-electron chi connectivity index (χ4n) is 2.41. The number of benzene rings is 1. The fraction of sp³-hybridized carbons (Fsp3) is 0.500. The Morgan fingerprint density at radius 3 is 2.74 bits per heavy atom. The molecule has 104 valence electrons. The van der Waals surface area contributed by atoms with Gasteiger partial charge in [-0.3, -0.25) is 9.69 Å². The second kappa shape index (κ2) is 6.12. The smallest absolute Gasteiger partial charge is 0.234 e. The molecule has 1 aliphatic rings. The quantitative estimate of drug-likeness (QED) is 0.931. The molecule has 0 bridgehead atoms. The van der Waals surface area contributed by atoms with Crippen molar-refractivity contribution in [3.8, 4) is 0 Å². The molecule has 1 N–H and O–H groups in total. The fourth-order valence-corrected chi connectivity index (χ4v) is 2.73. The van der Waals surface area contributed by atoms with Crippen molar-refractivity contribution in [2.45, 2.75) is 26.4 Å². The number of carbonyl (C=O) groups excluding carboxylic acids is 1. The van der Waals surface area contributed by atoms with Gasteiger partial charge in [-0.2, -0.15) is 0 Å². The van der Waals surface area contributed by atoms with Gasteiger partial charge in [0.15, 0.2) is 0 Å². The highest BCUT2D eigenvalue weighted by molar-refractivity contribution is 6.42. The zero-order valence-electron chi connectivity index (χ0n) is 11.1. The van der Waals surface area contributed by atoms with E-state index in [0.29, 0.717) is 41.6 Å². The summed E-state index contributed by atoms with van der Waals surface area (Å²) < 4.78 is 0. The van der Waals surface area contributed by atoms with Gasteiger partial charge in [-0.25, -0.2) is 0 Å². The molecule has 1 fully saturated rings.